The van der Waals surface area contributed by atoms with Crippen LogP contribution in [-0.2, 0) is 0 Å². The number of fused-ring (bicyclic) bond motifs is 1. The summed E-state index contributed by atoms with van der Waals surface area (Å²) in [5, 5.41) is 4.36. The fourth-order valence-corrected chi connectivity index (χ4v) is 2.26. The molecule has 0 unspecified atom stereocenters. The molecule has 2 amide bonds. The molecule has 0 aromatic heterocycles. The van der Waals surface area contributed by atoms with Gasteiger partial charge in [0, 0.05) is 16.8 Å². The molecule has 0 spiro atoms. The van der Waals surface area contributed by atoms with Gasteiger partial charge in [-0.05, 0) is 41.1 Å². The van der Waals surface area contributed by atoms with Crippen LogP contribution in [0.1, 0.15) is 20.7 Å². The summed E-state index contributed by atoms with van der Waals surface area (Å²) in [7, 11) is 0. The summed E-state index contributed by atoms with van der Waals surface area (Å²) in [6.07, 6.45) is 0. The summed E-state index contributed by atoms with van der Waals surface area (Å²) in [5.41, 5.74) is 6.91. The number of benzene rings is 3. The van der Waals surface area contributed by atoms with Crippen LogP contribution in [0.15, 0.2) is 66.7 Å². The van der Waals surface area contributed by atoms with E-state index in [9.17, 15) is 9.59 Å². The maximum absolute atomic E-state index is 12.2. The Hall–Kier alpha value is -3.14. The molecule has 0 aliphatic carbocycles. The molecule has 0 heterocycles. The molecule has 0 bridgehead atoms. The second-order valence-corrected chi connectivity index (χ2v) is 4.97. The van der Waals surface area contributed by atoms with Crippen LogP contribution in [0.5, 0.6) is 0 Å². The minimum Gasteiger partial charge on any atom is -0.399 e. The Labute approximate surface area is 127 Å². The molecule has 0 saturated carbocycles. The van der Waals surface area contributed by atoms with Crippen molar-refractivity contribution in [1.82, 2.24) is 5.32 Å². The Morgan fingerprint density at radius 2 is 1.41 bits per heavy atom. The number of nitrogen functional groups attached to an aromatic ring is 1. The van der Waals surface area contributed by atoms with Gasteiger partial charge in [-0.15, -0.1) is 0 Å². The van der Waals surface area contributed by atoms with E-state index in [-0.39, 0.29) is 0 Å². The van der Waals surface area contributed by atoms with Gasteiger partial charge in [-0.25, -0.2) is 0 Å². The van der Waals surface area contributed by atoms with Gasteiger partial charge in [0.1, 0.15) is 0 Å². The summed E-state index contributed by atoms with van der Waals surface area (Å²) in [5.74, 6) is -0.899. The van der Waals surface area contributed by atoms with E-state index in [4.69, 9.17) is 5.73 Å². The van der Waals surface area contributed by atoms with Crippen LogP contribution >= 0.6 is 0 Å². The van der Waals surface area contributed by atoms with Crippen LogP contribution in [0.2, 0.25) is 0 Å². The first-order valence-electron chi connectivity index (χ1n) is 6.83. The maximum atomic E-state index is 12.2. The lowest BCUT2D eigenvalue weighted by molar-refractivity contribution is 0.0849. The molecule has 0 atom stereocenters. The number of rotatable bonds is 2. The average molecular weight is 290 g/mol. The average Bonchev–Trinajstić information content (AvgIpc) is 2.54. The molecule has 4 heteroatoms. The van der Waals surface area contributed by atoms with Gasteiger partial charge in [0.25, 0.3) is 11.8 Å². The first kappa shape index (κ1) is 13.8. The van der Waals surface area contributed by atoms with Crippen LogP contribution in [0.3, 0.4) is 0 Å². The molecule has 0 aliphatic rings. The Morgan fingerprint density at radius 3 is 2.14 bits per heavy atom. The number of carbonyl (C=O) groups is 2. The van der Waals surface area contributed by atoms with Gasteiger partial charge in [0.2, 0.25) is 0 Å². The van der Waals surface area contributed by atoms with Gasteiger partial charge in [-0.2, -0.15) is 0 Å². The van der Waals surface area contributed by atoms with Gasteiger partial charge in [0.05, 0.1) is 0 Å². The standard InChI is InChI=1S/C18H14N2O2/c19-16-7-3-6-14(11-16)17(21)20-18(22)15-9-8-12-4-1-2-5-13(12)10-15/h1-11H,19H2,(H,20,21,22). The number of hydrogen-bond acceptors (Lipinski definition) is 3. The molecular formula is C18H14N2O2. The van der Waals surface area contributed by atoms with Gasteiger partial charge in [-0.3, -0.25) is 14.9 Å². The zero-order valence-corrected chi connectivity index (χ0v) is 11.7. The topological polar surface area (TPSA) is 72.2 Å². The normalized spacial score (nSPS) is 10.4. The lowest BCUT2D eigenvalue weighted by atomic mass is 10.1. The van der Waals surface area contributed by atoms with Crippen molar-refractivity contribution in [2.75, 3.05) is 5.73 Å². The quantitative estimate of drug-likeness (QED) is 0.563. The minimum absolute atomic E-state index is 0.356. The summed E-state index contributed by atoms with van der Waals surface area (Å²) >= 11 is 0. The molecule has 22 heavy (non-hydrogen) atoms. The van der Waals surface area contributed by atoms with Crippen LogP contribution in [-0.4, -0.2) is 11.8 Å². The lowest BCUT2D eigenvalue weighted by Crippen LogP contribution is -2.30. The molecule has 3 rings (SSSR count). The highest BCUT2D eigenvalue weighted by molar-refractivity contribution is 6.11. The smallest absolute Gasteiger partial charge is 0.258 e. The van der Waals surface area contributed by atoms with Crippen molar-refractivity contribution in [3.8, 4) is 0 Å². The summed E-state index contributed by atoms with van der Waals surface area (Å²) in [6, 6.07) is 19.5. The first-order chi connectivity index (χ1) is 10.6. The Morgan fingerprint density at radius 1 is 0.727 bits per heavy atom. The summed E-state index contributed by atoms with van der Waals surface area (Å²) < 4.78 is 0. The first-order valence-corrected chi connectivity index (χ1v) is 6.83. The number of anilines is 1. The summed E-state index contributed by atoms with van der Waals surface area (Å²) in [6.45, 7) is 0. The predicted molar refractivity (Wildman–Crippen MR) is 86.6 cm³/mol. The van der Waals surface area contributed by atoms with E-state index in [1.807, 2.05) is 30.3 Å². The van der Waals surface area contributed by atoms with Crippen molar-refractivity contribution in [3.63, 3.8) is 0 Å². The minimum atomic E-state index is -0.467. The molecule has 0 saturated heterocycles. The van der Waals surface area contributed by atoms with Crippen LogP contribution < -0.4 is 11.1 Å². The predicted octanol–water partition coefficient (Wildman–Crippen LogP) is 2.99. The second-order valence-electron chi connectivity index (χ2n) is 4.97. The van der Waals surface area contributed by atoms with Crippen LogP contribution in [0.25, 0.3) is 10.8 Å². The molecule has 3 aromatic carbocycles. The molecule has 0 fully saturated rings. The Bertz CT molecular complexity index is 872. The highest BCUT2D eigenvalue weighted by atomic mass is 16.2. The van der Waals surface area contributed by atoms with Crippen molar-refractivity contribution < 1.29 is 9.59 Å². The maximum Gasteiger partial charge on any atom is 0.258 e. The molecule has 3 N–H and O–H groups in total. The highest BCUT2D eigenvalue weighted by Gasteiger charge is 2.12. The van der Waals surface area contributed by atoms with E-state index in [2.05, 4.69) is 5.32 Å². The van der Waals surface area contributed by atoms with Crippen molar-refractivity contribution in [2.45, 2.75) is 0 Å². The van der Waals surface area contributed by atoms with Gasteiger partial charge < -0.3 is 5.73 Å². The molecular weight excluding hydrogens is 276 g/mol. The van der Waals surface area contributed by atoms with Gasteiger partial charge >= 0.3 is 0 Å². The number of imide groups is 1. The van der Waals surface area contributed by atoms with Gasteiger partial charge in [-0.1, -0.05) is 36.4 Å². The molecule has 3 aromatic rings. The van der Waals surface area contributed by atoms with Crippen molar-refractivity contribution in [1.29, 1.82) is 0 Å². The number of amides is 2. The molecule has 4 nitrogen and oxygen atoms in total. The van der Waals surface area contributed by atoms with E-state index in [0.717, 1.165) is 10.8 Å². The van der Waals surface area contributed by atoms with Crippen molar-refractivity contribution in [2.24, 2.45) is 0 Å². The Kier molecular flexibility index (Phi) is 3.58. The largest absolute Gasteiger partial charge is 0.399 e. The van der Waals surface area contributed by atoms with E-state index in [1.54, 1.807) is 30.3 Å². The van der Waals surface area contributed by atoms with Crippen molar-refractivity contribution in [3.05, 3.63) is 77.9 Å². The third kappa shape index (κ3) is 2.81. The van der Waals surface area contributed by atoms with Crippen LogP contribution in [0, 0.1) is 0 Å². The zero-order chi connectivity index (χ0) is 15.5. The number of hydrogen-bond donors (Lipinski definition) is 2. The van der Waals surface area contributed by atoms with E-state index in [1.165, 1.54) is 6.07 Å². The molecule has 0 radical (unpaired) electrons. The van der Waals surface area contributed by atoms with E-state index in [0.29, 0.717) is 16.8 Å². The molecule has 0 aliphatic heterocycles. The third-order valence-corrected chi connectivity index (χ3v) is 3.39. The van der Waals surface area contributed by atoms with E-state index < -0.39 is 11.8 Å². The second kappa shape index (κ2) is 5.69. The Balaban J connectivity index is 1.82. The van der Waals surface area contributed by atoms with Crippen molar-refractivity contribution >= 4 is 28.3 Å². The number of nitrogens with one attached hydrogen (secondary N) is 1. The fourth-order valence-electron chi connectivity index (χ4n) is 2.26. The number of nitrogens with two attached hydrogens (primary N) is 1. The zero-order valence-electron chi connectivity index (χ0n) is 11.7. The SMILES string of the molecule is Nc1cccc(C(=O)NC(=O)c2ccc3ccccc3c2)c1. The monoisotopic (exact) mass is 290 g/mol. The highest BCUT2D eigenvalue weighted by Crippen LogP contribution is 2.15. The summed E-state index contributed by atoms with van der Waals surface area (Å²) in [4.78, 5) is 24.3. The molecule has 108 valence electrons. The van der Waals surface area contributed by atoms with E-state index >= 15 is 0 Å². The third-order valence-electron chi connectivity index (χ3n) is 3.39. The van der Waals surface area contributed by atoms with Crippen LogP contribution in [0.4, 0.5) is 5.69 Å². The number of carbonyl (C=O) groups excluding carboxylic acids is 2. The fraction of sp³-hybridized carbons (Fsp3) is 0. The lowest BCUT2D eigenvalue weighted by Gasteiger charge is -2.06. The van der Waals surface area contributed by atoms with Gasteiger partial charge in [0.15, 0.2) is 0 Å².